The molecule has 3 heteroatoms. The molecular weight excluding hydrogens is 291 g/mol. The van der Waals surface area contributed by atoms with Gasteiger partial charge in [0.05, 0.1) is 6.61 Å². The van der Waals surface area contributed by atoms with Gasteiger partial charge in [-0.1, -0.05) is 61.3 Å². The first-order chi connectivity index (χ1) is 9.46. The predicted octanol–water partition coefficient (Wildman–Crippen LogP) is 5.29. The van der Waals surface area contributed by atoms with Crippen LogP contribution in [0.2, 0.25) is 10.0 Å². The van der Waals surface area contributed by atoms with Crippen LogP contribution in [0.3, 0.4) is 0 Å². The zero-order valence-electron chi connectivity index (χ0n) is 11.5. The van der Waals surface area contributed by atoms with Crippen LogP contribution in [0, 0.1) is 5.41 Å². The molecule has 1 nitrogen and oxygen atoms in total. The number of benzene rings is 2. The summed E-state index contributed by atoms with van der Waals surface area (Å²) < 4.78 is 6.10. The maximum atomic E-state index is 6.10. The maximum absolute atomic E-state index is 6.10. The highest BCUT2D eigenvalue weighted by atomic mass is 35.5. The van der Waals surface area contributed by atoms with Gasteiger partial charge in [-0.3, -0.25) is 0 Å². The first-order valence-corrected chi connectivity index (χ1v) is 7.37. The topological polar surface area (TPSA) is 9.23 Å². The molecule has 0 radical (unpaired) electrons. The monoisotopic (exact) mass is 306 g/mol. The minimum Gasteiger partial charge on any atom is -0.364 e. The Hall–Kier alpha value is -1.02. The summed E-state index contributed by atoms with van der Waals surface area (Å²) in [5, 5.41) is 1.47. The lowest BCUT2D eigenvalue weighted by atomic mass is 9.63. The molecule has 20 heavy (non-hydrogen) atoms. The van der Waals surface area contributed by atoms with Crippen molar-refractivity contribution in [3.05, 3.63) is 69.7 Å². The third kappa shape index (κ3) is 1.96. The molecule has 0 amide bonds. The summed E-state index contributed by atoms with van der Waals surface area (Å²) >= 11 is 12.0. The molecule has 0 bridgehead atoms. The molecule has 0 spiro atoms. The summed E-state index contributed by atoms with van der Waals surface area (Å²) in [6, 6.07) is 15.8. The van der Waals surface area contributed by atoms with E-state index >= 15 is 0 Å². The van der Waals surface area contributed by atoms with Gasteiger partial charge in [0.2, 0.25) is 0 Å². The molecule has 2 aromatic rings. The van der Waals surface area contributed by atoms with E-state index in [0.717, 1.165) is 27.8 Å². The van der Waals surface area contributed by atoms with Crippen molar-refractivity contribution in [2.45, 2.75) is 19.4 Å². The summed E-state index contributed by atoms with van der Waals surface area (Å²) in [5.41, 5.74) is 1.84. The van der Waals surface area contributed by atoms with Gasteiger partial charge in [0.15, 0.2) is 0 Å². The second-order valence-corrected chi connectivity index (χ2v) is 6.74. The van der Waals surface area contributed by atoms with E-state index in [1.165, 1.54) is 0 Å². The lowest BCUT2D eigenvalue weighted by molar-refractivity contribution is -0.235. The molecule has 1 aliphatic rings. The van der Waals surface area contributed by atoms with E-state index in [0.29, 0.717) is 0 Å². The quantitative estimate of drug-likeness (QED) is 0.732. The van der Waals surface area contributed by atoms with E-state index in [-0.39, 0.29) is 5.41 Å². The molecule has 1 fully saturated rings. The Kier molecular flexibility index (Phi) is 3.32. The van der Waals surface area contributed by atoms with E-state index < -0.39 is 5.60 Å². The molecule has 1 heterocycles. The molecule has 1 aliphatic heterocycles. The average molecular weight is 307 g/mol. The lowest BCUT2D eigenvalue weighted by Gasteiger charge is -2.56. The van der Waals surface area contributed by atoms with Crippen LogP contribution in [0.4, 0.5) is 0 Å². The summed E-state index contributed by atoms with van der Waals surface area (Å²) in [4.78, 5) is 0. The predicted molar refractivity (Wildman–Crippen MR) is 83.4 cm³/mol. The van der Waals surface area contributed by atoms with E-state index in [1.54, 1.807) is 0 Å². The summed E-state index contributed by atoms with van der Waals surface area (Å²) in [7, 11) is 0. The fourth-order valence-electron chi connectivity index (χ4n) is 2.99. The van der Waals surface area contributed by atoms with Crippen LogP contribution in [0.5, 0.6) is 0 Å². The van der Waals surface area contributed by atoms with E-state index in [9.17, 15) is 0 Å². The highest BCUT2D eigenvalue weighted by molar-refractivity contribution is 6.30. The number of rotatable bonds is 2. The van der Waals surface area contributed by atoms with Crippen molar-refractivity contribution in [1.29, 1.82) is 0 Å². The molecule has 104 valence electrons. The van der Waals surface area contributed by atoms with Crippen LogP contribution >= 0.6 is 23.2 Å². The Morgan fingerprint density at radius 1 is 0.800 bits per heavy atom. The first-order valence-electron chi connectivity index (χ1n) is 6.62. The Balaban J connectivity index is 2.15. The van der Waals surface area contributed by atoms with Crippen LogP contribution in [0.25, 0.3) is 0 Å². The smallest absolute Gasteiger partial charge is 0.125 e. The van der Waals surface area contributed by atoms with Crippen molar-refractivity contribution < 1.29 is 4.74 Å². The number of hydrogen-bond donors (Lipinski definition) is 0. The largest absolute Gasteiger partial charge is 0.364 e. The number of hydrogen-bond acceptors (Lipinski definition) is 1. The van der Waals surface area contributed by atoms with Gasteiger partial charge in [-0.15, -0.1) is 0 Å². The van der Waals surface area contributed by atoms with Gasteiger partial charge < -0.3 is 4.74 Å². The van der Waals surface area contributed by atoms with Crippen molar-refractivity contribution in [3.63, 3.8) is 0 Å². The van der Waals surface area contributed by atoms with E-state index in [4.69, 9.17) is 27.9 Å². The van der Waals surface area contributed by atoms with Gasteiger partial charge in [-0.2, -0.15) is 0 Å². The lowest BCUT2D eigenvalue weighted by Crippen LogP contribution is -2.58. The van der Waals surface area contributed by atoms with Gasteiger partial charge in [-0.05, 0) is 35.4 Å². The van der Waals surface area contributed by atoms with Crippen molar-refractivity contribution in [2.75, 3.05) is 6.61 Å². The minimum absolute atomic E-state index is 0.0225. The Labute approximate surface area is 129 Å². The summed E-state index contributed by atoms with van der Waals surface area (Å²) in [6.45, 7) is 5.18. The minimum atomic E-state index is -0.428. The SMILES string of the molecule is CC1(C)COC1(c1ccc(Cl)cc1)c1ccc(Cl)cc1. The third-order valence-electron chi connectivity index (χ3n) is 4.10. The Bertz CT molecular complexity index is 569. The second-order valence-electron chi connectivity index (χ2n) is 5.87. The maximum Gasteiger partial charge on any atom is 0.125 e. The number of ether oxygens (including phenoxy) is 1. The van der Waals surface area contributed by atoms with Crippen molar-refractivity contribution >= 4 is 23.2 Å². The van der Waals surface area contributed by atoms with Gasteiger partial charge in [0.1, 0.15) is 5.60 Å². The van der Waals surface area contributed by atoms with Gasteiger partial charge >= 0.3 is 0 Å². The Morgan fingerprint density at radius 3 is 1.45 bits per heavy atom. The van der Waals surface area contributed by atoms with E-state index in [1.807, 2.05) is 48.5 Å². The zero-order valence-corrected chi connectivity index (χ0v) is 13.0. The van der Waals surface area contributed by atoms with Crippen molar-refractivity contribution in [1.82, 2.24) is 0 Å². The fraction of sp³-hybridized carbons (Fsp3) is 0.294. The standard InChI is InChI=1S/C17H16Cl2O/c1-16(2)11-20-17(16,12-3-7-14(18)8-4-12)13-5-9-15(19)10-6-13/h3-10H,11H2,1-2H3. The molecular formula is C17H16Cl2O. The van der Waals surface area contributed by atoms with Crippen LogP contribution < -0.4 is 0 Å². The summed E-state index contributed by atoms with van der Waals surface area (Å²) in [6.07, 6.45) is 0. The molecule has 0 aliphatic carbocycles. The molecule has 0 aromatic heterocycles. The molecule has 3 rings (SSSR count). The third-order valence-corrected chi connectivity index (χ3v) is 4.61. The number of halogens is 2. The van der Waals surface area contributed by atoms with Crippen LogP contribution in [-0.4, -0.2) is 6.61 Å². The first kappa shape index (κ1) is 13.9. The normalized spacial score (nSPS) is 19.4. The van der Waals surface area contributed by atoms with Crippen molar-refractivity contribution in [2.24, 2.45) is 5.41 Å². The molecule has 0 unspecified atom stereocenters. The molecule has 2 aromatic carbocycles. The highest BCUT2D eigenvalue weighted by Crippen LogP contribution is 2.55. The second kappa shape index (κ2) is 4.77. The van der Waals surface area contributed by atoms with Crippen LogP contribution in [0.1, 0.15) is 25.0 Å². The molecule has 0 N–H and O–H groups in total. The van der Waals surface area contributed by atoms with Crippen LogP contribution in [-0.2, 0) is 10.3 Å². The average Bonchev–Trinajstić information content (AvgIpc) is 2.42. The zero-order chi connectivity index (χ0) is 14.4. The van der Waals surface area contributed by atoms with Gasteiger partial charge in [-0.25, -0.2) is 0 Å². The molecule has 0 atom stereocenters. The van der Waals surface area contributed by atoms with Crippen LogP contribution in [0.15, 0.2) is 48.5 Å². The Morgan fingerprint density at radius 2 is 1.20 bits per heavy atom. The molecule has 1 saturated heterocycles. The molecule has 0 saturated carbocycles. The van der Waals surface area contributed by atoms with Gasteiger partial charge in [0.25, 0.3) is 0 Å². The fourth-order valence-corrected chi connectivity index (χ4v) is 3.24. The van der Waals surface area contributed by atoms with Gasteiger partial charge in [0, 0.05) is 15.5 Å². The van der Waals surface area contributed by atoms with Crippen molar-refractivity contribution in [3.8, 4) is 0 Å². The highest BCUT2D eigenvalue weighted by Gasteiger charge is 2.57. The summed E-state index contributed by atoms with van der Waals surface area (Å²) in [5.74, 6) is 0. The van der Waals surface area contributed by atoms with E-state index in [2.05, 4.69) is 13.8 Å².